The molecular formula is C13H13NO2. The van der Waals surface area contributed by atoms with Gasteiger partial charge in [-0.1, -0.05) is 12.1 Å². The number of hydrogen-bond acceptors (Lipinski definition) is 3. The molecule has 1 aromatic carbocycles. The highest BCUT2D eigenvalue weighted by atomic mass is 16.5. The van der Waals surface area contributed by atoms with Crippen LogP contribution in [0.15, 0.2) is 36.4 Å². The van der Waals surface area contributed by atoms with Crippen molar-refractivity contribution in [1.82, 2.24) is 4.98 Å². The van der Waals surface area contributed by atoms with Gasteiger partial charge in [-0.25, -0.2) is 4.98 Å². The van der Waals surface area contributed by atoms with E-state index in [1.54, 1.807) is 19.2 Å². The zero-order valence-electron chi connectivity index (χ0n) is 9.27. The highest BCUT2D eigenvalue weighted by Gasteiger charge is 2.10. The van der Waals surface area contributed by atoms with Crippen molar-refractivity contribution in [2.75, 3.05) is 7.11 Å². The molecule has 2 rings (SSSR count). The molecule has 0 aliphatic heterocycles. The lowest BCUT2D eigenvalue weighted by molar-refractivity contribution is 0.415. The van der Waals surface area contributed by atoms with Crippen LogP contribution in [0.1, 0.15) is 5.69 Å². The fourth-order valence-electron chi connectivity index (χ4n) is 1.59. The number of methoxy groups -OCH3 is 1. The van der Waals surface area contributed by atoms with Crippen LogP contribution >= 0.6 is 0 Å². The number of pyridine rings is 1. The van der Waals surface area contributed by atoms with E-state index in [2.05, 4.69) is 4.98 Å². The summed E-state index contributed by atoms with van der Waals surface area (Å²) in [5, 5.41) is 9.79. The topological polar surface area (TPSA) is 42.4 Å². The van der Waals surface area contributed by atoms with Gasteiger partial charge in [-0.3, -0.25) is 0 Å². The van der Waals surface area contributed by atoms with E-state index >= 15 is 0 Å². The van der Waals surface area contributed by atoms with Crippen molar-refractivity contribution in [1.29, 1.82) is 0 Å². The first-order valence-electron chi connectivity index (χ1n) is 5.02. The van der Waals surface area contributed by atoms with Crippen molar-refractivity contribution < 1.29 is 9.84 Å². The van der Waals surface area contributed by atoms with Crippen molar-refractivity contribution in [2.24, 2.45) is 0 Å². The molecule has 0 aliphatic rings. The molecule has 82 valence electrons. The number of nitrogens with zero attached hydrogens (tertiary/aromatic N) is 1. The predicted octanol–water partition coefficient (Wildman–Crippen LogP) is 2.77. The molecule has 1 aromatic heterocycles. The first kappa shape index (κ1) is 10.5. The van der Waals surface area contributed by atoms with Crippen LogP contribution in [0.25, 0.3) is 11.3 Å². The minimum atomic E-state index is 0.162. The van der Waals surface area contributed by atoms with Crippen molar-refractivity contribution in [3.63, 3.8) is 0 Å². The Kier molecular flexibility index (Phi) is 2.77. The van der Waals surface area contributed by atoms with E-state index in [0.29, 0.717) is 11.4 Å². The molecule has 0 saturated heterocycles. The van der Waals surface area contributed by atoms with Gasteiger partial charge in [0.05, 0.1) is 7.11 Å². The van der Waals surface area contributed by atoms with Crippen LogP contribution in [-0.2, 0) is 0 Å². The highest BCUT2D eigenvalue weighted by molar-refractivity contribution is 5.72. The smallest absolute Gasteiger partial charge is 0.142 e. The highest BCUT2D eigenvalue weighted by Crippen LogP contribution is 2.33. The average molecular weight is 215 g/mol. The molecule has 2 aromatic rings. The maximum Gasteiger partial charge on any atom is 0.142 e. The van der Waals surface area contributed by atoms with Gasteiger partial charge in [-0.15, -0.1) is 0 Å². The number of aryl methyl sites for hydroxylation is 1. The summed E-state index contributed by atoms with van der Waals surface area (Å²) in [6, 6.07) is 10.9. The van der Waals surface area contributed by atoms with Gasteiger partial charge in [-0.2, -0.15) is 0 Å². The van der Waals surface area contributed by atoms with E-state index in [0.717, 1.165) is 11.3 Å². The molecule has 0 unspecified atom stereocenters. The molecule has 0 saturated carbocycles. The number of hydrogen-bond donors (Lipinski definition) is 1. The largest absolute Gasteiger partial charge is 0.506 e. The first-order valence-corrected chi connectivity index (χ1v) is 5.02. The Morgan fingerprint density at radius 3 is 2.62 bits per heavy atom. The minimum absolute atomic E-state index is 0.162. The van der Waals surface area contributed by atoms with Crippen molar-refractivity contribution in [3.8, 4) is 22.8 Å². The van der Waals surface area contributed by atoms with Gasteiger partial charge in [0.1, 0.15) is 17.2 Å². The molecule has 1 N–H and O–H groups in total. The minimum Gasteiger partial charge on any atom is -0.506 e. The standard InChI is InChI=1S/C13H13NO2/c1-9-7-8-11(15)13(14-9)10-5-3-4-6-12(10)16-2/h3-8,15H,1-2H3. The van der Waals surface area contributed by atoms with E-state index in [9.17, 15) is 5.11 Å². The Morgan fingerprint density at radius 2 is 1.88 bits per heavy atom. The van der Waals surface area contributed by atoms with Crippen LogP contribution < -0.4 is 4.74 Å². The van der Waals surface area contributed by atoms with Gasteiger partial charge in [0.25, 0.3) is 0 Å². The van der Waals surface area contributed by atoms with E-state index in [4.69, 9.17) is 4.74 Å². The van der Waals surface area contributed by atoms with Gasteiger partial charge < -0.3 is 9.84 Å². The van der Waals surface area contributed by atoms with Gasteiger partial charge in [0, 0.05) is 11.3 Å². The van der Waals surface area contributed by atoms with Gasteiger partial charge in [0.2, 0.25) is 0 Å². The SMILES string of the molecule is COc1ccccc1-c1nc(C)ccc1O. The Labute approximate surface area is 94.3 Å². The van der Waals surface area contributed by atoms with Crippen molar-refractivity contribution >= 4 is 0 Å². The van der Waals surface area contributed by atoms with Crippen LogP contribution in [0.2, 0.25) is 0 Å². The molecule has 1 heterocycles. The predicted molar refractivity (Wildman–Crippen MR) is 62.6 cm³/mol. The summed E-state index contributed by atoms with van der Waals surface area (Å²) in [7, 11) is 1.60. The Bertz CT molecular complexity index is 509. The lowest BCUT2D eigenvalue weighted by atomic mass is 10.1. The molecule has 0 fully saturated rings. The summed E-state index contributed by atoms with van der Waals surface area (Å²) in [4.78, 5) is 4.32. The zero-order valence-corrected chi connectivity index (χ0v) is 9.27. The Hall–Kier alpha value is -2.03. The number of aromatic nitrogens is 1. The zero-order chi connectivity index (χ0) is 11.5. The average Bonchev–Trinajstić information content (AvgIpc) is 2.32. The first-order chi connectivity index (χ1) is 7.72. The molecule has 16 heavy (non-hydrogen) atoms. The van der Waals surface area contributed by atoms with Gasteiger partial charge in [0.15, 0.2) is 0 Å². The second kappa shape index (κ2) is 4.23. The number of benzene rings is 1. The molecule has 3 heteroatoms. The van der Waals surface area contributed by atoms with E-state index in [1.807, 2.05) is 31.2 Å². The molecule has 0 amide bonds. The molecule has 0 atom stereocenters. The summed E-state index contributed by atoms with van der Waals surface area (Å²) in [5.74, 6) is 0.867. The maximum atomic E-state index is 9.79. The second-order valence-electron chi connectivity index (χ2n) is 3.52. The lowest BCUT2D eigenvalue weighted by Gasteiger charge is -2.09. The fraction of sp³-hybridized carbons (Fsp3) is 0.154. The van der Waals surface area contributed by atoms with Crippen LogP contribution in [0, 0.1) is 6.92 Å². The fourth-order valence-corrected chi connectivity index (χ4v) is 1.59. The monoisotopic (exact) mass is 215 g/mol. The van der Waals surface area contributed by atoms with E-state index < -0.39 is 0 Å². The quantitative estimate of drug-likeness (QED) is 0.837. The third-order valence-electron chi connectivity index (χ3n) is 2.38. The van der Waals surface area contributed by atoms with Crippen molar-refractivity contribution in [2.45, 2.75) is 6.92 Å². The molecule has 0 bridgehead atoms. The third-order valence-corrected chi connectivity index (χ3v) is 2.38. The number of rotatable bonds is 2. The van der Waals surface area contributed by atoms with Crippen LogP contribution in [0.3, 0.4) is 0 Å². The second-order valence-corrected chi connectivity index (χ2v) is 3.52. The number of para-hydroxylation sites is 1. The van der Waals surface area contributed by atoms with Crippen LogP contribution in [0.4, 0.5) is 0 Å². The maximum absolute atomic E-state index is 9.79. The normalized spacial score (nSPS) is 10.1. The van der Waals surface area contributed by atoms with Crippen molar-refractivity contribution in [3.05, 3.63) is 42.1 Å². The van der Waals surface area contributed by atoms with Gasteiger partial charge >= 0.3 is 0 Å². The summed E-state index contributed by atoms with van der Waals surface area (Å²) in [6.07, 6.45) is 0. The third kappa shape index (κ3) is 1.84. The summed E-state index contributed by atoms with van der Waals surface area (Å²) in [6.45, 7) is 1.89. The molecule has 3 nitrogen and oxygen atoms in total. The summed E-state index contributed by atoms with van der Waals surface area (Å²) < 4.78 is 5.24. The van der Waals surface area contributed by atoms with Crippen LogP contribution in [0.5, 0.6) is 11.5 Å². The van der Waals surface area contributed by atoms with E-state index in [-0.39, 0.29) is 5.75 Å². The molecule has 0 aliphatic carbocycles. The van der Waals surface area contributed by atoms with Crippen LogP contribution in [-0.4, -0.2) is 17.2 Å². The number of ether oxygens (including phenoxy) is 1. The molecule has 0 radical (unpaired) electrons. The summed E-state index contributed by atoms with van der Waals surface area (Å²) in [5.41, 5.74) is 2.21. The van der Waals surface area contributed by atoms with Gasteiger partial charge in [-0.05, 0) is 31.2 Å². The Morgan fingerprint density at radius 1 is 1.12 bits per heavy atom. The molecular weight excluding hydrogens is 202 g/mol. The Balaban J connectivity index is 2.62. The summed E-state index contributed by atoms with van der Waals surface area (Å²) >= 11 is 0. The molecule has 0 spiro atoms. The van der Waals surface area contributed by atoms with E-state index in [1.165, 1.54) is 0 Å². The lowest BCUT2D eigenvalue weighted by Crippen LogP contribution is -1.91. The number of aromatic hydroxyl groups is 1.